The second kappa shape index (κ2) is 5.57. The predicted molar refractivity (Wildman–Crippen MR) is 65.5 cm³/mol. The third-order valence-corrected chi connectivity index (χ3v) is 3.13. The van der Waals surface area contributed by atoms with Crippen molar-refractivity contribution in [1.82, 2.24) is 16.2 Å². The number of nitrogens with one attached hydrogen (secondary N) is 3. The van der Waals surface area contributed by atoms with Gasteiger partial charge in [-0.05, 0) is 40.0 Å². The second-order valence-electron chi connectivity index (χ2n) is 3.91. The Hall–Kier alpha value is -0.980. The van der Waals surface area contributed by atoms with Crippen LogP contribution in [-0.2, 0) is 11.2 Å². The van der Waals surface area contributed by atoms with Gasteiger partial charge in [-0.3, -0.25) is 10.2 Å². The Morgan fingerprint density at radius 3 is 3.06 bits per heavy atom. The van der Waals surface area contributed by atoms with Crippen molar-refractivity contribution < 1.29 is 9.18 Å². The van der Waals surface area contributed by atoms with Crippen LogP contribution in [0.4, 0.5) is 4.39 Å². The van der Waals surface area contributed by atoms with E-state index in [2.05, 4.69) is 32.1 Å². The molecule has 1 aliphatic heterocycles. The Morgan fingerprint density at radius 1 is 1.59 bits per heavy atom. The molecule has 1 unspecified atom stereocenters. The van der Waals surface area contributed by atoms with Gasteiger partial charge in [0.25, 0.3) is 0 Å². The zero-order valence-corrected chi connectivity index (χ0v) is 10.7. The minimum atomic E-state index is -0.323. The molecule has 0 bridgehead atoms. The van der Waals surface area contributed by atoms with E-state index in [1.807, 2.05) is 0 Å². The van der Waals surface area contributed by atoms with Crippen LogP contribution in [0.5, 0.6) is 0 Å². The van der Waals surface area contributed by atoms with Crippen molar-refractivity contribution in [2.24, 2.45) is 0 Å². The molecule has 0 aliphatic carbocycles. The third-order valence-electron chi connectivity index (χ3n) is 2.52. The molecule has 1 heterocycles. The molecule has 1 fully saturated rings. The Bertz CT molecular complexity index is 421. The lowest BCUT2D eigenvalue weighted by atomic mass is 10.1. The fourth-order valence-corrected chi connectivity index (χ4v) is 2.10. The van der Waals surface area contributed by atoms with Crippen LogP contribution >= 0.6 is 15.9 Å². The van der Waals surface area contributed by atoms with Crippen LogP contribution in [0, 0.1) is 5.82 Å². The molecule has 1 aromatic carbocycles. The van der Waals surface area contributed by atoms with Crippen LogP contribution in [0.2, 0.25) is 0 Å². The number of carbonyl (C=O) groups is 1. The van der Waals surface area contributed by atoms with Gasteiger partial charge < -0.3 is 5.32 Å². The van der Waals surface area contributed by atoms with Crippen molar-refractivity contribution in [3.63, 3.8) is 0 Å². The topological polar surface area (TPSA) is 53.2 Å². The van der Waals surface area contributed by atoms with Crippen LogP contribution in [0.1, 0.15) is 12.0 Å². The Labute approximate surface area is 107 Å². The summed E-state index contributed by atoms with van der Waals surface area (Å²) in [5.74, 6) is -0.402. The maximum Gasteiger partial charge on any atom is 0.225 e. The van der Waals surface area contributed by atoms with Gasteiger partial charge in [0, 0.05) is 6.54 Å². The fraction of sp³-hybridized carbons (Fsp3) is 0.364. The van der Waals surface area contributed by atoms with Gasteiger partial charge in [0.1, 0.15) is 5.82 Å². The molecule has 1 amide bonds. The number of hydrogen-bond donors (Lipinski definition) is 3. The molecule has 0 aromatic heterocycles. The predicted octanol–water partition coefficient (Wildman–Crippen LogP) is 1.07. The van der Waals surface area contributed by atoms with E-state index in [0.717, 1.165) is 18.5 Å². The number of halogens is 2. The lowest BCUT2D eigenvalue weighted by molar-refractivity contribution is -0.121. The van der Waals surface area contributed by atoms with Crippen LogP contribution in [0.15, 0.2) is 22.7 Å². The van der Waals surface area contributed by atoms with E-state index >= 15 is 0 Å². The van der Waals surface area contributed by atoms with Gasteiger partial charge in [0.2, 0.25) is 5.91 Å². The highest BCUT2D eigenvalue weighted by molar-refractivity contribution is 9.10. The molecule has 0 radical (unpaired) electrons. The molecule has 17 heavy (non-hydrogen) atoms. The number of hydrazine groups is 1. The van der Waals surface area contributed by atoms with E-state index in [9.17, 15) is 9.18 Å². The van der Waals surface area contributed by atoms with Crippen LogP contribution in [0.25, 0.3) is 0 Å². The van der Waals surface area contributed by atoms with Crippen molar-refractivity contribution >= 4 is 21.8 Å². The summed E-state index contributed by atoms with van der Waals surface area (Å²) in [5.41, 5.74) is 6.66. The van der Waals surface area contributed by atoms with Crippen LogP contribution in [0.3, 0.4) is 0 Å². The smallest absolute Gasteiger partial charge is 0.225 e. The maximum atomic E-state index is 13.0. The van der Waals surface area contributed by atoms with Gasteiger partial charge in [-0.25, -0.2) is 9.82 Å². The highest BCUT2D eigenvalue weighted by Crippen LogP contribution is 2.17. The first kappa shape index (κ1) is 12.5. The van der Waals surface area contributed by atoms with E-state index in [1.54, 1.807) is 12.1 Å². The normalized spacial score (nSPS) is 19.3. The lowest BCUT2D eigenvalue weighted by Gasteiger charge is -2.12. The standard InChI is InChI=1S/C11H13BrFN3O/c12-8-5-7(1-2-9(8)13)6-11(17)15-10-3-4-14-16-10/h1-2,5,10,14,16H,3-4,6H2,(H,15,17). The molecule has 2 rings (SSSR count). The SMILES string of the molecule is O=C(Cc1ccc(F)c(Br)c1)NC1CCNN1. The molecule has 6 heteroatoms. The molecule has 1 aliphatic rings. The third kappa shape index (κ3) is 3.49. The summed E-state index contributed by atoms with van der Waals surface area (Å²) in [6, 6.07) is 4.58. The zero-order valence-electron chi connectivity index (χ0n) is 9.09. The minimum Gasteiger partial charge on any atom is -0.339 e. The first-order valence-corrected chi connectivity index (χ1v) is 6.16. The lowest BCUT2D eigenvalue weighted by Crippen LogP contribution is -2.44. The molecule has 4 nitrogen and oxygen atoms in total. The summed E-state index contributed by atoms with van der Waals surface area (Å²) in [6.45, 7) is 0.840. The van der Waals surface area contributed by atoms with Gasteiger partial charge in [-0.15, -0.1) is 0 Å². The van der Waals surface area contributed by atoms with Crippen molar-refractivity contribution in [3.8, 4) is 0 Å². The van der Waals surface area contributed by atoms with Gasteiger partial charge in [0.15, 0.2) is 0 Å². The van der Waals surface area contributed by atoms with Crippen molar-refractivity contribution in [2.75, 3.05) is 6.54 Å². The van der Waals surface area contributed by atoms with E-state index in [1.165, 1.54) is 6.07 Å². The average molecular weight is 302 g/mol. The van der Waals surface area contributed by atoms with E-state index in [0.29, 0.717) is 4.47 Å². The summed E-state index contributed by atoms with van der Waals surface area (Å²) in [7, 11) is 0. The van der Waals surface area contributed by atoms with Gasteiger partial charge >= 0.3 is 0 Å². The van der Waals surface area contributed by atoms with E-state index < -0.39 is 0 Å². The number of hydrogen-bond acceptors (Lipinski definition) is 3. The number of carbonyl (C=O) groups excluding carboxylic acids is 1. The van der Waals surface area contributed by atoms with Crippen molar-refractivity contribution in [3.05, 3.63) is 34.1 Å². The molecule has 0 spiro atoms. The fourth-order valence-electron chi connectivity index (χ4n) is 1.67. The summed E-state index contributed by atoms with van der Waals surface area (Å²) in [6.07, 6.45) is 1.09. The van der Waals surface area contributed by atoms with Crippen LogP contribution < -0.4 is 16.2 Å². The average Bonchev–Trinajstić information content (AvgIpc) is 2.76. The molecule has 92 valence electrons. The molecular weight excluding hydrogens is 289 g/mol. The largest absolute Gasteiger partial charge is 0.339 e. The minimum absolute atomic E-state index is 0.0219. The molecular formula is C11H13BrFN3O. The first-order chi connectivity index (χ1) is 8.15. The Kier molecular flexibility index (Phi) is 4.09. The molecule has 3 N–H and O–H groups in total. The number of benzene rings is 1. The molecule has 0 saturated carbocycles. The van der Waals surface area contributed by atoms with Gasteiger partial charge in [-0.1, -0.05) is 6.07 Å². The number of amides is 1. The second-order valence-corrected chi connectivity index (χ2v) is 4.76. The van der Waals surface area contributed by atoms with Gasteiger partial charge in [-0.2, -0.15) is 0 Å². The highest BCUT2D eigenvalue weighted by atomic mass is 79.9. The summed E-state index contributed by atoms with van der Waals surface area (Å²) < 4.78 is 13.4. The molecule has 1 atom stereocenters. The summed E-state index contributed by atoms with van der Waals surface area (Å²) in [4.78, 5) is 11.7. The van der Waals surface area contributed by atoms with Crippen LogP contribution in [-0.4, -0.2) is 18.6 Å². The van der Waals surface area contributed by atoms with E-state index in [-0.39, 0.29) is 24.3 Å². The monoisotopic (exact) mass is 301 g/mol. The highest BCUT2D eigenvalue weighted by Gasteiger charge is 2.16. The number of rotatable bonds is 3. The van der Waals surface area contributed by atoms with Crippen molar-refractivity contribution in [1.29, 1.82) is 0 Å². The zero-order chi connectivity index (χ0) is 12.3. The molecule has 1 saturated heterocycles. The molecule has 1 aromatic rings. The summed E-state index contributed by atoms with van der Waals surface area (Å²) >= 11 is 3.10. The Morgan fingerprint density at radius 2 is 2.41 bits per heavy atom. The Balaban J connectivity index is 1.90. The van der Waals surface area contributed by atoms with Crippen molar-refractivity contribution in [2.45, 2.75) is 19.0 Å². The van der Waals surface area contributed by atoms with E-state index in [4.69, 9.17) is 0 Å². The maximum absolute atomic E-state index is 13.0. The summed E-state index contributed by atoms with van der Waals surface area (Å²) in [5, 5.41) is 2.84. The van der Waals surface area contributed by atoms with Gasteiger partial charge in [0.05, 0.1) is 17.1 Å². The quantitative estimate of drug-likeness (QED) is 0.783. The first-order valence-electron chi connectivity index (χ1n) is 5.37.